The van der Waals surface area contributed by atoms with Crippen molar-refractivity contribution in [2.45, 2.75) is 18.2 Å². The van der Waals surface area contributed by atoms with E-state index in [0.717, 1.165) is 0 Å². The zero-order chi connectivity index (χ0) is 13.6. The van der Waals surface area contributed by atoms with Crippen LogP contribution in [0.3, 0.4) is 0 Å². The van der Waals surface area contributed by atoms with Crippen LogP contribution in [0, 0.1) is 11.8 Å². The summed E-state index contributed by atoms with van der Waals surface area (Å²) in [5.74, 6) is 5.04. The molecule has 0 atom stereocenters. The van der Waals surface area contributed by atoms with Crippen LogP contribution in [0.5, 0.6) is 0 Å². The summed E-state index contributed by atoms with van der Waals surface area (Å²) < 4.78 is 27.2. The predicted molar refractivity (Wildman–Crippen MR) is 65.9 cm³/mol. The van der Waals surface area contributed by atoms with Gasteiger partial charge >= 0.3 is 5.97 Å². The van der Waals surface area contributed by atoms with Gasteiger partial charge in [0.1, 0.15) is 6.61 Å². The van der Waals surface area contributed by atoms with E-state index in [4.69, 9.17) is 9.88 Å². The quantitative estimate of drug-likeness (QED) is 0.494. The molecule has 0 saturated carbocycles. The third-order valence-electron chi connectivity index (χ3n) is 1.95. The van der Waals surface area contributed by atoms with Crippen LogP contribution in [0.4, 0.5) is 0 Å². The van der Waals surface area contributed by atoms with Crippen molar-refractivity contribution in [3.8, 4) is 11.8 Å². The number of rotatable bonds is 3. The highest BCUT2D eigenvalue weighted by Gasteiger charge is 2.10. The predicted octanol–water partition coefficient (Wildman–Crippen LogP) is 0.639. The fourth-order valence-electron chi connectivity index (χ4n) is 1.22. The highest BCUT2D eigenvalue weighted by Crippen LogP contribution is 2.11. The molecule has 0 aliphatic rings. The zero-order valence-corrected chi connectivity index (χ0v) is 10.7. The van der Waals surface area contributed by atoms with Gasteiger partial charge in [0, 0.05) is 18.9 Å². The molecule has 0 radical (unpaired) electrons. The van der Waals surface area contributed by atoms with Crippen molar-refractivity contribution in [1.29, 1.82) is 0 Å². The molecule has 1 aromatic carbocycles. The number of carbonyl (C=O) groups is 1. The molecule has 1 rings (SSSR count). The third kappa shape index (κ3) is 4.57. The average Bonchev–Trinajstić information content (AvgIpc) is 2.27. The molecule has 1 aromatic rings. The van der Waals surface area contributed by atoms with Crippen LogP contribution in [-0.4, -0.2) is 21.0 Å². The minimum Gasteiger partial charge on any atom is -0.465 e. The van der Waals surface area contributed by atoms with Gasteiger partial charge in [0.2, 0.25) is 10.0 Å². The molecule has 0 heterocycles. The number of nitrogens with two attached hydrogens (primary N) is 1. The molecule has 0 fully saturated rings. The maximum Gasteiger partial charge on any atom is 0.302 e. The second kappa shape index (κ2) is 6.19. The molecular weight excluding hydrogens is 254 g/mol. The van der Waals surface area contributed by atoms with Crippen molar-refractivity contribution < 1.29 is 17.9 Å². The molecule has 0 saturated heterocycles. The van der Waals surface area contributed by atoms with Crippen LogP contribution in [0.2, 0.25) is 0 Å². The molecule has 96 valence electrons. The van der Waals surface area contributed by atoms with E-state index in [-0.39, 0.29) is 17.5 Å². The fourth-order valence-corrected chi connectivity index (χ4v) is 1.92. The lowest BCUT2D eigenvalue weighted by atomic mass is 10.2. The summed E-state index contributed by atoms with van der Waals surface area (Å²) in [4.78, 5) is 10.5. The molecule has 6 heteroatoms. The van der Waals surface area contributed by atoms with Crippen molar-refractivity contribution in [3.63, 3.8) is 0 Å². The molecule has 0 aromatic heterocycles. The van der Waals surface area contributed by atoms with Gasteiger partial charge in [-0.2, -0.15) is 0 Å². The van der Waals surface area contributed by atoms with E-state index in [2.05, 4.69) is 11.8 Å². The number of primary sulfonamides is 1. The van der Waals surface area contributed by atoms with Crippen LogP contribution in [0.1, 0.15) is 18.9 Å². The van der Waals surface area contributed by atoms with Crippen LogP contribution in [-0.2, 0) is 19.6 Å². The molecular formula is C12H13NO4S. The number of hydrogen-bond acceptors (Lipinski definition) is 4. The van der Waals surface area contributed by atoms with Gasteiger partial charge in [-0.1, -0.05) is 24.0 Å². The summed E-state index contributed by atoms with van der Waals surface area (Å²) in [6.45, 7) is 1.49. The van der Waals surface area contributed by atoms with Crippen LogP contribution >= 0.6 is 0 Å². The first-order valence-electron chi connectivity index (χ1n) is 5.15. The highest BCUT2D eigenvalue weighted by atomic mass is 32.2. The van der Waals surface area contributed by atoms with Crippen LogP contribution in [0.25, 0.3) is 0 Å². The number of ether oxygens (including phenoxy) is 1. The van der Waals surface area contributed by atoms with E-state index in [1.165, 1.54) is 13.0 Å². The van der Waals surface area contributed by atoms with Crippen molar-refractivity contribution in [3.05, 3.63) is 29.8 Å². The van der Waals surface area contributed by atoms with Gasteiger partial charge in [-0.25, -0.2) is 13.6 Å². The molecule has 0 bridgehead atoms. The fraction of sp³-hybridized carbons (Fsp3) is 0.250. The van der Waals surface area contributed by atoms with Crippen LogP contribution < -0.4 is 5.14 Å². The van der Waals surface area contributed by atoms with Crippen molar-refractivity contribution in [2.24, 2.45) is 5.14 Å². The molecule has 5 nitrogen and oxygen atoms in total. The number of hydrogen-bond donors (Lipinski definition) is 1. The van der Waals surface area contributed by atoms with E-state index in [0.29, 0.717) is 12.0 Å². The van der Waals surface area contributed by atoms with Crippen LogP contribution in [0.15, 0.2) is 29.2 Å². The van der Waals surface area contributed by atoms with Crippen molar-refractivity contribution >= 4 is 16.0 Å². The maximum absolute atomic E-state index is 11.3. The minimum absolute atomic E-state index is 0.00927. The van der Waals surface area contributed by atoms with Gasteiger partial charge in [-0.3, -0.25) is 4.79 Å². The Balaban J connectivity index is 2.80. The van der Waals surface area contributed by atoms with Gasteiger partial charge in [-0.15, -0.1) is 0 Å². The minimum atomic E-state index is -3.78. The molecule has 0 spiro atoms. The van der Waals surface area contributed by atoms with Gasteiger partial charge in [0.25, 0.3) is 0 Å². The Morgan fingerprint density at radius 1 is 1.39 bits per heavy atom. The Labute approximate surface area is 106 Å². The summed E-state index contributed by atoms with van der Waals surface area (Å²) in [5.41, 5.74) is 0.336. The number of benzene rings is 1. The van der Waals surface area contributed by atoms with Gasteiger partial charge in [-0.05, 0) is 12.1 Å². The molecule has 18 heavy (non-hydrogen) atoms. The summed E-state index contributed by atoms with van der Waals surface area (Å²) in [6, 6.07) is 6.21. The Bertz CT molecular complexity index is 596. The molecule has 0 aliphatic carbocycles. The van der Waals surface area contributed by atoms with Gasteiger partial charge < -0.3 is 4.74 Å². The highest BCUT2D eigenvalue weighted by molar-refractivity contribution is 7.89. The Hall–Kier alpha value is -1.84. The van der Waals surface area contributed by atoms with E-state index in [1.54, 1.807) is 18.2 Å². The second-order valence-corrected chi connectivity index (χ2v) is 4.96. The lowest BCUT2D eigenvalue weighted by Crippen LogP contribution is -2.13. The zero-order valence-electron chi connectivity index (χ0n) is 9.84. The second-order valence-electron chi connectivity index (χ2n) is 3.43. The van der Waals surface area contributed by atoms with E-state index < -0.39 is 10.0 Å². The third-order valence-corrected chi connectivity index (χ3v) is 2.92. The monoisotopic (exact) mass is 267 g/mol. The van der Waals surface area contributed by atoms with Crippen molar-refractivity contribution in [1.82, 2.24) is 0 Å². The Morgan fingerprint density at radius 2 is 2.06 bits per heavy atom. The first-order chi connectivity index (χ1) is 8.41. The van der Waals surface area contributed by atoms with E-state index in [1.807, 2.05) is 0 Å². The van der Waals surface area contributed by atoms with Gasteiger partial charge in [0.15, 0.2) is 0 Å². The lowest BCUT2D eigenvalue weighted by molar-refractivity contribution is -0.140. The smallest absolute Gasteiger partial charge is 0.302 e. The number of carbonyl (C=O) groups excluding carboxylic acids is 1. The SMILES string of the molecule is CC(=O)OCCC#Cc1ccccc1S(N)(=O)=O. The summed E-state index contributed by atoms with van der Waals surface area (Å²) in [6.07, 6.45) is 0.332. The van der Waals surface area contributed by atoms with Gasteiger partial charge in [0.05, 0.1) is 4.90 Å². The summed E-state index contributed by atoms with van der Waals surface area (Å²) >= 11 is 0. The topological polar surface area (TPSA) is 86.5 Å². The molecule has 2 N–H and O–H groups in total. The largest absolute Gasteiger partial charge is 0.465 e. The Morgan fingerprint density at radius 3 is 2.67 bits per heavy atom. The van der Waals surface area contributed by atoms with E-state index >= 15 is 0 Å². The number of esters is 1. The molecule has 0 unspecified atom stereocenters. The molecule has 0 aliphatic heterocycles. The molecule has 0 amide bonds. The average molecular weight is 267 g/mol. The summed E-state index contributed by atoms with van der Waals surface area (Å²) in [5, 5.41) is 5.06. The first kappa shape index (κ1) is 14.2. The van der Waals surface area contributed by atoms with Crippen molar-refractivity contribution in [2.75, 3.05) is 6.61 Å². The van der Waals surface area contributed by atoms with E-state index in [9.17, 15) is 13.2 Å². The number of sulfonamides is 1. The first-order valence-corrected chi connectivity index (χ1v) is 6.70. The standard InChI is InChI=1S/C12H13NO4S/c1-10(14)17-9-5-4-7-11-6-2-3-8-12(11)18(13,15)16/h2-3,6,8H,5,9H2,1H3,(H2,13,15,16). The summed E-state index contributed by atoms with van der Waals surface area (Å²) in [7, 11) is -3.78. The lowest BCUT2D eigenvalue weighted by Gasteiger charge is -2.00. The maximum atomic E-state index is 11.3. The normalized spacial score (nSPS) is 10.3. The Kier molecular flexibility index (Phi) is 4.89.